The van der Waals surface area contributed by atoms with Gasteiger partial charge in [0.15, 0.2) is 20.5 Å². The molecule has 38 heavy (non-hydrogen) atoms. The van der Waals surface area contributed by atoms with Crippen molar-refractivity contribution in [1.82, 2.24) is 4.90 Å². The molecule has 0 aromatic heterocycles. The third-order valence-electron chi connectivity index (χ3n) is 7.44. The van der Waals surface area contributed by atoms with E-state index in [9.17, 15) is 9.18 Å². The van der Waals surface area contributed by atoms with Crippen molar-refractivity contribution in [2.75, 3.05) is 27.9 Å². The average molecular weight is 546 g/mol. The molecule has 0 aliphatic carbocycles. The van der Waals surface area contributed by atoms with Crippen molar-refractivity contribution in [3.05, 3.63) is 53.3 Å². The molecule has 8 heteroatoms. The number of benzene rings is 2. The summed E-state index contributed by atoms with van der Waals surface area (Å²) in [6.45, 7) is 12.1. The molecule has 2 aromatic rings. The van der Waals surface area contributed by atoms with Crippen molar-refractivity contribution in [2.45, 2.75) is 72.2 Å². The van der Waals surface area contributed by atoms with Gasteiger partial charge in [-0.1, -0.05) is 32.9 Å². The van der Waals surface area contributed by atoms with Crippen molar-refractivity contribution in [2.24, 2.45) is 10.8 Å². The summed E-state index contributed by atoms with van der Waals surface area (Å²) in [4.78, 5) is 16.1. The normalized spacial score (nSPS) is 18.7. The fraction of sp³-hybridized carbons (Fsp3) is 0.567. The van der Waals surface area contributed by atoms with Crippen LogP contribution in [0.3, 0.4) is 0 Å². The second-order valence-electron chi connectivity index (χ2n) is 11.7. The van der Waals surface area contributed by atoms with Crippen LogP contribution in [0.5, 0.6) is 17.2 Å². The monoisotopic (exact) mass is 545 g/mol. The molecule has 1 fully saturated rings. The van der Waals surface area contributed by atoms with E-state index in [4.69, 9.17) is 18.6 Å². The van der Waals surface area contributed by atoms with Crippen molar-refractivity contribution in [3.63, 3.8) is 0 Å². The minimum atomic E-state index is -1.26. The number of ether oxygens (including phenoxy) is 3. The summed E-state index contributed by atoms with van der Waals surface area (Å²) < 4.78 is 36.6. The summed E-state index contributed by atoms with van der Waals surface area (Å²) in [7, 11) is 3.49. The molecule has 2 unspecified atom stereocenters. The van der Waals surface area contributed by atoms with Gasteiger partial charge in [-0.2, -0.15) is 0 Å². The summed E-state index contributed by atoms with van der Waals surface area (Å²) in [5, 5.41) is 0. The Morgan fingerprint density at radius 1 is 1.00 bits per heavy atom. The zero-order valence-electron chi connectivity index (χ0n) is 24.2. The van der Waals surface area contributed by atoms with Gasteiger partial charge in [0.05, 0.1) is 26.7 Å². The van der Waals surface area contributed by atoms with E-state index in [1.807, 2.05) is 17.0 Å². The van der Waals surface area contributed by atoms with Crippen molar-refractivity contribution < 1.29 is 27.8 Å². The number of hydrogen-bond acceptors (Lipinski definition) is 5. The summed E-state index contributed by atoms with van der Waals surface area (Å²) in [6.07, 6.45) is 2.92. The molecule has 210 valence electrons. The quantitative estimate of drug-likeness (QED) is 0.306. The van der Waals surface area contributed by atoms with Crippen molar-refractivity contribution >= 4 is 14.9 Å². The molecule has 0 spiro atoms. The summed E-state index contributed by atoms with van der Waals surface area (Å²) in [6, 6.07) is 10.3. The first-order valence-electron chi connectivity index (χ1n) is 13.4. The van der Waals surface area contributed by atoms with E-state index in [0.717, 1.165) is 30.4 Å². The zero-order chi connectivity index (χ0) is 28.1. The van der Waals surface area contributed by atoms with E-state index < -0.39 is 14.5 Å². The maximum atomic E-state index is 14.2. The van der Waals surface area contributed by atoms with E-state index in [0.29, 0.717) is 36.8 Å². The molecular formula is C30H44FNO5Si. The van der Waals surface area contributed by atoms with Gasteiger partial charge in [0.1, 0.15) is 5.82 Å². The Morgan fingerprint density at radius 3 is 2.11 bits per heavy atom. The van der Waals surface area contributed by atoms with Crippen molar-refractivity contribution in [3.8, 4) is 17.2 Å². The lowest BCUT2D eigenvalue weighted by atomic mass is 9.73. The van der Waals surface area contributed by atoms with Gasteiger partial charge in [-0.05, 0) is 79.6 Å². The molecule has 1 heterocycles. The molecule has 1 saturated heterocycles. The zero-order valence-corrected chi connectivity index (χ0v) is 25.4. The lowest BCUT2D eigenvalue weighted by Gasteiger charge is -2.36. The van der Waals surface area contributed by atoms with Crippen molar-refractivity contribution in [1.29, 1.82) is 0 Å². The van der Waals surface area contributed by atoms with Gasteiger partial charge in [-0.15, -0.1) is 0 Å². The van der Waals surface area contributed by atoms with Crippen LogP contribution < -0.4 is 14.2 Å². The summed E-state index contributed by atoms with van der Waals surface area (Å²) >= 11 is 0. The van der Waals surface area contributed by atoms with Gasteiger partial charge in [0.25, 0.3) is 0 Å². The molecule has 2 atom stereocenters. The first-order valence-corrected chi connectivity index (χ1v) is 16.2. The number of likely N-dealkylation sites (tertiary alicyclic amines) is 1. The van der Waals surface area contributed by atoms with Gasteiger partial charge < -0.3 is 23.5 Å². The predicted octanol–water partition coefficient (Wildman–Crippen LogP) is 6.01. The van der Waals surface area contributed by atoms with Gasteiger partial charge in [0.2, 0.25) is 11.7 Å². The molecule has 0 bridgehead atoms. The number of hydrogen-bond donors (Lipinski definition) is 0. The van der Waals surface area contributed by atoms with E-state index in [-0.39, 0.29) is 23.2 Å². The lowest BCUT2D eigenvalue weighted by Crippen LogP contribution is -2.39. The van der Waals surface area contributed by atoms with E-state index in [1.165, 1.54) is 12.1 Å². The number of amides is 1. The second kappa shape index (κ2) is 12.5. The Morgan fingerprint density at radius 2 is 1.61 bits per heavy atom. The van der Waals surface area contributed by atoms with Crippen LogP contribution in [0.25, 0.3) is 0 Å². The van der Waals surface area contributed by atoms with Crippen LogP contribution in [0.2, 0.25) is 13.1 Å². The van der Waals surface area contributed by atoms with Crippen LogP contribution in [-0.4, -0.2) is 53.8 Å². The number of carbonyl (C=O) groups excluding carboxylic acids is 1. The molecule has 3 rings (SSSR count). The molecule has 1 amide bonds. The van der Waals surface area contributed by atoms with Crippen LogP contribution in [-0.2, 0) is 22.2 Å². The maximum absolute atomic E-state index is 14.2. The number of nitrogens with zero attached hydrogens (tertiary/aromatic N) is 1. The Hall–Kier alpha value is -2.58. The molecule has 0 N–H and O–H groups in total. The molecule has 0 saturated carbocycles. The lowest BCUT2D eigenvalue weighted by molar-refractivity contribution is -0.137. The average Bonchev–Trinajstić information content (AvgIpc) is 3.16. The van der Waals surface area contributed by atoms with E-state index in [2.05, 4.69) is 33.9 Å². The molecule has 1 aliphatic heterocycles. The highest BCUT2D eigenvalue weighted by atomic mass is 28.3. The number of halogens is 1. The highest BCUT2D eigenvalue weighted by Gasteiger charge is 2.47. The fourth-order valence-electron chi connectivity index (χ4n) is 5.41. The Bertz CT molecular complexity index is 1060. The Kier molecular flexibility index (Phi) is 9.87. The third kappa shape index (κ3) is 7.08. The van der Waals surface area contributed by atoms with Crippen LogP contribution >= 0.6 is 0 Å². The first kappa shape index (κ1) is 30.0. The fourth-order valence-corrected chi connectivity index (χ4v) is 6.61. The van der Waals surface area contributed by atoms with Crippen LogP contribution in [0.4, 0.5) is 4.39 Å². The van der Waals surface area contributed by atoms with E-state index >= 15 is 0 Å². The third-order valence-corrected chi connectivity index (χ3v) is 8.32. The topological polar surface area (TPSA) is 57.2 Å². The van der Waals surface area contributed by atoms with Crippen LogP contribution in [0, 0.1) is 16.6 Å². The minimum absolute atomic E-state index is 0.0219. The molecule has 0 radical (unpaired) electrons. The van der Waals surface area contributed by atoms with Gasteiger partial charge in [-0.25, -0.2) is 4.39 Å². The second-order valence-corrected chi connectivity index (χ2v) is 14.0. The number of carbonyl (C=O) groups is 1. The highest BCUT2D eigenvalue weighted by Crippen LogP contribution is 2.44. The van der Waals surface area contributed by atoms with Crippen LogP contribution in [0.15, 0.2) is 36.4 Å². The van der Waals surface area contributed by atoms with Crippen LogP contribution in [0.1, 0.15) is 51.2 Å². The Balaban J connectivity index is 1.89. The Labute approximate surface area is 229 Å². The molecule has 1 aliphatic rings. The highest BCUT2D eigenvalue weighted by molar-refractivity contribution is 6.48. The van der Waals surface area contributed by atoms with E-state index in [1.54, 1.807) is 33.5 Å². The number of methoxy groups -OCH3 is 3. The first-order chi connectivity index (χ1) is 17.9. The minimum Gasteiger partial charge on any atom is -0.493 e. The predicted molar refractivity (Wildman–Crippen MR) is 151 cm³/mol. The number of rotatable bonds is 12. The molecular weight excluding hydrogens is 501 g/mol. The van der Waals surface area contributed by atoms with Gasteiger partial charge >= 0.3 is 0 Å². The van der Waals surface area contributed by atoms with Gasteiger partial charge in [-0.3, -0.25) is 4.79 Å². The maximum Gasteiger partial charge on any atom is 0.229 e. The smallest absolute Gasteiger partial charge is 0.229 e. The molecule has 6 nitrogen and oxygen atoms in total. The molecule has 2 aromatic carbocycles. The summed E-state index contributed by atoms with van der Waals surface area (Å²) in [5.41, 5.74) is 1.29. The SMILES string of the molecule is COc1cc(CN2CCC(CCC(O[SiH](C)C)C(C)(C)C)(Cc3ccc(F)cc3)C2=O)cc(OC)c1OC. The standard InChI is InChI=1S/C30H44FNO5Si/c1-29(2,3)26(37-38(7)8)13-14-30(19-21-9-11-23(31)12-10-21)15-16-32(28(30)33)20-22-17-24(34-4)27(36-6)25(18-22)35-5/h9-12,17-18,26,38H,13-16,19-20H2,1-8H3. The van der Waals surface area contributed by atoms with Gasteiger partial charge in [0, 0.05) is 19.2 Å². The largest absolute Gasteiger partial charge is 0.493 e. The summed E-state index contributed by atoms with van der Waals surface area (Å²) in [5.74, 6) is 1.51.